The zero-order valence-electron chi connectivity index (χ0n) is 20.2. The predicted octanol–water partition coefficient (Wildman–Crippen LogP) is 2.64. The van der Waals surface area contributed by atoms with E-state index in [1.807, 2.05) is 25.3 Å². The van der Waals surface area contributed by atoms with E-state index in [0.29, 0.717) is 39.4 Å². The lowest BCUT2D eigenvalue weighted by Gasteiger charge is -2.32. The Morgan fingerprint density at radius 1 is 1.25 bits per heavy atom. The molecule has 3 aliphatic rings. The van der Waals surface area contributed by atoms with E-state index in [2.05, 4.69) is 32.3 Å². The molecule has 5 N–H and O–H groups in total. The molecule has 3 aromatic rings. The van der Waals surface area contributed by atoms with E-state index < -0.39 is 11.5 Å². The number of H-pyrrole nitrogens is 1. The molecule has 0 radical (unpaired) electrons. The number of pyridine rings is 1. The van der Waals surface area contributed by atoms with Crippen molar-refractivity contribution in [2.45, 2.75) is 19.6 Å². The summed E-state index contributed by atoms with van der Waals surface area (Å²) in [5.74, 6) is 0.978. The van der Waals surface area contributed by atoms with Gasteiger partial charge in [0, 0.05) is 55.4 Å². The fourth-order valence-electron chi connectivity index (χ4n) is 5.42. The first-order valence-corrected chi connectivity index (χ1v) is 12.6. The molecule has 3 atom stereocenters. The summed E-state index contributed by atoms with van der Waals surface area (Å²) in [4.78, 5) is 28.4. The maximum absolute atomic E-state index is 11.5. The minimum Gasteiger partial charge on any atom is -0.408 e. The van der Waals surface area contributed by atoms with Crippen LogP contribution in [-0.4, -0.2) is 53.4 Å². The summed E-state index contributed by atoms with van der Waals surface area (Å²) in [6.45, 7) is 9.48. The molecule has 2 saturated heterocycles. The van der Waals surface area contributed by atoms with Gasteiger partial charge >= 0.3 is 5.76 Å². The van der Waals surface area contributed by atoms with E-state index in [9.17, 15) is 4.79 Å². The van der Waals surface area contributed by atoms with Crippen molar-refractivity contribution in [3.05, 3.63) is 63.4 Å². The number of rotatable bonds is 4. The molecule has 36 heavy (non-hydrogen) atoms. The molecule has 1 aromatic carbocycles. The van der Waals surface area contributed by atoms with Gasteiger partial charge in [0.15, 0.2) is 5.58 Å². The van der Waals surface area contributed by atoms with Crippen LogP contribution in [0.2, 0.25) is 5.02 Å². The van der Waals surface area contributed by atoms with Gasteiger partial charge in [0.25, 0.3) is 0 Å². The van der Waals surface area contributed by atoms with E-state index in [1.54, 1.807) is 18.3 Å². The van der Waals surface area contributed by atoms with Crippen LogP contribution in [0.25, 0.3) is 11.1 Å². The number of nitrogens with zero attached hydrogens (tertiary/aromatic N) is 4. The average molecular weight is 509 g/mol. The lowest BCUT2D eigenvalue weighted by molar-refractivity contribution is 0.334. The topological polar surface area (TPSA) is 128 Å². The van der Waals surface area contributed by atoms with Crippen LogP contribution >= 0.6 is 11.6 Å². The van der Waals surface area contributed by atoms with Crippen LogP contribution in [0.1, 0.15) is 19.4 Å². The van der Waals surface area contributed by atoms with Gasteiger partial charge in [0.1, 0.15) is 11.7 Å². The second-order valence-electron chi connectivity index (χ2n) is 9.86. The van der Waals surface area contributed by atoms with E-state index in [0.717, 1.165) is 49.8 Å². The number of aromatic nitrogens is 2. The molecule has 0 bridgehead atoms. The number of fused-ring (bicyclic) bond motifs is 2. The van der Waals surface area contributed by atoms with Crippen LogP contribution in [0.4, 0.5) is 11.5 Å². The third-order valence-electron chi connectivity index (χ3n) is 7.42. The molecule has 3 aliphatic heterocycles. The molecule has 0 saturated carbocycles. The van der Waals surface area contributed by atoms with Gasteiger partial charge in [0.2, 0.25) is 5.79 Å². The number of benzene rings is 1. The molecule has 3 unspecified atom stereocenters. The summed E-state index contributed by atoms with van der Waals surface area (Å²) in [5, 5.41) is 7.04. The van der Waals surface area contributed by atoms with Crippen molar-refractivity contribution in [3.63, 3.8) is 0 Å². The fraction of sp³-hybridized carbons (Fsp3) is 0.400. The lowest BCUT2D eigenvalue weighted by atomic mass is 10.0. The first-order valence-electron chi connectivity index (χ1n) is 12.2. The van der Waals surface area contributed by atoms with Gasteiger partial charge in [0.05, 0.1) is 10.5 Å². The number of aliphatic imine (C=N–C) groups is 1. The standard InChI is InChI=1S/C25H29ClN8O2/c1-3-33-10-15-12-34(13-16(15)11-33)23-19(26)6-17(9-28-23)25(27)29-8-14(2)22(32-25)30-18-4-5-21-20(7-18)31-24(35)36-21/h4-9,15-16,29H,3,10-13,27H2,1-2H3,(H,30,32)(H,31,35). The Hall–Kier alpha value is -3.34. The second-order valence-corrected chi connectivity index (χ2v) is 10.3. The van der Waals surface area contributed by atoms with Gasteiger partial charge in [-0.05, 0) is 49.6 Å². The monoisotopic (exact) mass is 508 g/mol. The largest absolute Gasteiger partial charge is 0.417 e. The summed E-state index contributed by atoms with van der Waals surface area (Å²) < 4.78 is 5.08. The molecule has 188 valence electrons. The molecule has 0 amide bonds. The maximum atomic E-state index is 11.5. The predicted molar refractivity (Wildman–Crippen MR) is 141 cm³/mol. The Bertz CT molecular complexity index is 1430. The molecule has 2 fully saturated rings. The summed E-state index contributed by atoms with van der Waals surface area (Å²) in [6, 6.07) is 7.17. The van der Waals surface area contributed by atoms with Crippen molar-refractivity contribution in [3.8, 4) is 0 Å². The Labute approximate surface area is 213 Å². The van der Waals surface area contributed by atoms with Crippen molar-refractivity contribution in [2.75, 3.05) is 42.9 Å². The molecule has 5 heterocycles. The van der Waals surface area contributed by atoms with Gasteiger partial charge in [-0.2, -0.15) is 0 Å². The molecular weight excluding hydrogens is 480 g/mol. The number of aromatic amines is 1. The fourth-order valence-corrected chi connectivity index (χ4v) is 5.70. The van der Waals surface area contributed by atoms with Crippen molar-refractivity contribution in [2.24, 2.45) is 22.6 Å². The summed E-state index contributed by atoms with van der Waals surface area (Å²) in [5.41, 5.74) is 10.1. The maximum Gasteiger partial charge on any atom is 0.417 e. The summed E-state index contributed by atoms with van der Waals surface area (Å²) >= 11 is 6.74. The third kappa shape index (κ3) is 4.04. The highest BCUT2D eigenvalue weighted by Crippen LogP contribution is 2.37. The van der Waals surface area contributed by atoms with Crippen LogP contribution in [0.3, 0.4) is 0 Å². The number of anilines is 2. The zero-order valence-corrected chi connectivity index (χ0v) is 21.0. The first-order chi connectivity index (χ1) is 17.3. The Morgan fingerprint density at radius 2 is 2.03 bits per heavy atom. The van der Waals surface area contributed by atoms with E-state index >= 15 is 0 Å². The van der Waals surface area contributed by atoms with Crippen LogP contribution in [0, 0.1) is 11.8 Å². The van der Waals surface area contributed by atoms with E-state index in [-0.39, 0.29) is 0 Å². The van der Waals surface area contributed by atoms with Crippen molar-refractivity contribution in [1.29, 1.82) is 0 Å². The lowest BCUT2D eigenvalue weighted by Crippen LogP contribution is -2.50. The number of likely N-dealkylation sites (tertiary alicyclic amines) is 1. The number of hydrogen-bond donors (Lipinski definition) is 4. The average Bonchev–Trinajstić information content (AvgIpc) is 3.53. The van der Waals surface area contributed by atoms with Crippen LogP contribution in [-0.2, 0) is 5.79 Å². The highest BCUT2D eigenvalue weighted by Gasteiger charge is 2.40. The molecule has 0 spiro atoms. The van der Waals surface area contributed by atoms with E-state index in [4.69, 9.17) is 31.7 Å². The Balaban J connectivity index is 1.23. The first kappa shape index (κ1) is 23.1. The van der Waals surface area contributed by atoms with Crippen LogP contribution < -0.4 is 27.0 Å². The number of hydrogen-bond acceptors (Lipinski definition) is 9. The molecule has 0 aliphatic carbocycles. The van der Waals surface area contributed by atoms with E-state index in [1.165, 1.54) is 0 Å². The van der Waals surface area contributed by atoms with Gasteiger partial charge in [-0.1, -0.05) is 18.5 Å². The van der Waals surface area contributed by atoms with Crippen LogP contribution in [0.15, 0.2) is 56.4 Å². The van der Waals surface area contributed by atoms with Gasteiger partial charge in [-0.3, -0.25) is 10.7 Å². The highest BCUT2D eigenvalue weighted by atomic mass is 35.5. The highest BCUT2D eigenvalue weighted by molar-refractivity contribution is 6.33. The Kier molecular flexibility index (Phi) is 5.55. The van der Waals surface area contributed by atoms with Crippen molar-refractivity contribution >= 4 is 40.0 Å². The normalized spacial score (nSPS) is 26.1. The van der Waals surface area contributed by atoms with Gasteiger partial charge in [-0.15, -0.1) is 0 Å². The van der Waals surface area contributed by atoms with Crippen LogP contribution in [0.5, 0.6) is 0 Å². The van der Waals surface area contributed by atoms with Crippen molar-refractivity contribution in [1.82, 2.24) is 20.2 Å². The quantitative estimate of drug-likeness (QED) is 0.423. The second kappa shape index (κ2) is 8.65. The minimum atomic E-state index is -1.24. The molecule has 11 heteroatoms. The number of amidine groups is 1. The number of halogens is 1. The molecule has 10 nitrogen and oxygen atoms in total. The number of nitrogens with one attached hydrogen (secondary N) is 3. The SMILES string of the molecule is CCN1CC2CN(c3ncc(C4(N)N=C(Nc5ccc6oc(=O)[nH]c6c5)C(C)=CN4)cc3Cl)CC2C1. The van der Waals surface area contributed by atoms with Gasteiger partial charge in [-0.25, -0.2) is 14.8 Å². The summed E-state index contributed by atoms with van der Waals surface area (Å²) in [6.07, 6.45) is 3.56. The molecule has 2 aromatic heterocycles. The van der Waals surface area contributed by atoms with Crippen molar-refractivity contribution < 1.29 is 4.42 Å². The number of nitrogens with two attached hydrogens (primary N) is 1. The number of oxazole rings is 1. The smallest absolute Gasteiger partial charge is 0.408 e. The third-order valence-corrected chi connectivity index (χ3v) is 7.70. The molecule has 6 rings (SSSR count). The Morgan fingerprint density at radius 3 is 2.75 bits per heavy atom. The molecular formula is C25H29ClN8O2. The minimum absolute atomic E-state index is 0.489. The van der Waals surface area contributed by atoms with Gasteiger partial charge < -0.3 is 24.9 Å². The zero-order chi connectivity index (χ0) is 25.0. The summed E-state index contributed by atoms with van der Waals surface area (Å²) in [7, 11) is 0.